The second-order valence-electron chi connectivity index (χ2n) is 5.30. The lowest BCUT2D eigenvalue weighted by Crippen LogP contribution is -2.01. The fraction of sp³-hybridized carbons (Fsp3) is 0.0556. The highest BCUT2D eigenvalue weighted by molar-refractivity contribution is 6.30. The van der Waals surface area contributed by atoms with Crippen molar-refractivity contribution in [2.75, 3.05) is 0 Å². The molecule has 0 saturated heterocycles. The molecule has 8 nitrogen and oxygen atoms in total. The predicted molar refractivity (Wildman–Crippen MR) is 96.7 cm³/mol. The molecule has 3 aromatic rings. The molecule has 27 heavy (non-hydrogen) atoms. The molecule has 0 aliphatic heterocycles. The van der Waals surface area contributed by atoms with E-state index in [1.54, 1.807) is 30.3 Å². The van der Waals surface area contributed by atoms with Crippen LogP contribution in [-0.4, -0.2) is 21.1 Å². The molecule has 0 fully saturated rings. The van der Waals surface area contributed by atoms with Crippen LogP contribution in [0.4, 0.5) is 5.69 Å². The standard InChI is InChI=1S/C18H12ClN3O5/c19-14-7-5-13(6-8-14)18-21-20-16(27-18)11-26-17(23)9-4-12-2-1-3-15(10-12)22(24)25/h1-10H,11H2. The molecule has 0 aliphatic rings. The van der Waals surface area contributed by atoms with Gasteiger partial charge in [0, 0.05) is 28.8 Å². The number of carbonyl (C=O) groups excluding carboxylic acids is 1. The third kappa shape index (κ3) is 4.99. The lowest BCUT2D eigenvalue weighted by atomic mass is 10.2. The Bertz CT molecular complexity index is 998. The van der Waals surface area contributed by atoms with Crippen LogP contribution in [0.1, 0.15) is 11.5 Å². The quantitative estimate of drug-likeness (QED) is 0.272. The fourth-order valence-electron chi connectivity index (χ4n) is 2.11. The average molecular weight is 386 g/mol. The summed E-state index contributed by atoms with van der Waals surface area (Å²) in [6.07, 6.45) is 2.58. The summed E-state index contributed by atoms with van der Waals surface area (Å²) in [6, 6.07) is 12.7. The molecule has 0 N–H and O–H groups in total. The van der Waals surface area contributed by atoms with Crippen molar-refractivity contribution in [3.05, 3.63) is 81.2 Å². The molecule has 0 radical (unpaired) electrons. The number of nitrogens with zero attached hydrogens (tertiary/aromatic N) is 3. The van der Waals surface area contributed by atoms with Crippen LogP contribution in [0.2, 0.25) is 5.02 Å². The maximum atomic E-state index is 11.8. The number of carbonyl (C=O) groups is 1. The number of hydrogen-bond donors (Lipinski definition) is 0. The van der Waals surface area contributed by atoms with Crippen molar-refractivity contribution in [1.29, 1.82) is 0 Å². The molecule has 0 aliphatic carbocycles. The summed E-state index contributed by atoms with van der Waals surface area (Å²) < 4.78 is 10.4. The molecule has 0 bridgehead atoms. The number of aromatic nitrogens is 2. The normalized spacial score (nSPS) is 10.9. The van der Waals surface area contributed by atoms with E-state index in [0.717, 1.165) is 6.08 Å². The summed E-state index contributed by atoms with van der Waals surface area (Å²) in [7, 11) is 0. The van der Waals surface area contributed by atoms with Gasteiger partial charge in [-0.1, -0.05) is 23.7 Å². The number of non-ortho nitro benzene ring substituents is 1. The van der Waals surface area contributed by atoms with Crippen LogP contribution in [-0.2, 0) is 16.1 Å². The topological polar surface area (TPSA) is 108 Å². The number of nitro benzene ring substituents is 1. The zero-order valence-electron chi connectivity index (χ0n) is 13.7. The molecule has 3 rings (SSSR count). The number of esters is 1. The van der Waals surface area contributed by atoms with E-state index in [9.17, 15) is 14.9 Å². The molecular weight excluding hydrogens is 374 g/mol. The molecule has 1 aromatic heterocycles. The summed E-state index contributed by atoms with van der Waals surface area (Å²) in [5, 5.41) is 19.0. The maximum absolute atomic E-state index is 11.8. The van der Waals surface area contributed by atoms with Crippen LogP contribution in [0, 0.1) is 10.1 Å². The third-order valence-corrected chi connectivity index (χ3v) is 3.64. The number of benzene rings is 2. The second kappa shape index (κ2) is 8.24. The number of halogens is 1. The maximum Gasteiger partial charge on any atom is 0.331 e. The van der Waals surface area contributed by atoms with E-state index in [-0.39, 0.29) is 24.1 Å². The second-order valence-corrected chi connectivity index (χ2v) is 5.74. The Balaban J connectivity index is 1.57. The Labute approximate surface area is 158 Å². The minimum atomic E-state index is -0.646. The van der Waals surface area contributed by atoms with Gasteiger partial charge in [0.1, 0.15) is 0 Å². The van der Waals surface area contributed by atoms with E-state index in [4.69, 9.17) is 20.8 Å². The van der Waals surface area contributed by atoms with Gasteiger partial charge in [0.15, 0.2) is 6.61 Å². The highest BCUT2D eigenvalue weighted by atomic mass is 35.5. The molecule has 9 heteroatoms. The van der Waals surface area contributed by atoms with E-state index in [1.165, 1.54) is 24.3 Å². The molecule has 0 atom stereocenters. The Morgan fingerprint density at radius 1 is 1.22 bits per heavy atom. The number of rotatable bonds is 6. The van der Waals surface area contributed by atoms with Crippen molar-refractivity contribution in [2.45, 2.75) is 6.61 Å². The average Bonchev–Trinajstić information content (AvgIpc) is 3.14. The predicted octanol–water partition coefficient (Wildman–Crippen LogP) is 4.05. The fourth-order valence-corrected chi connectivity index (χ4v) is 2.23. The van der Waals surface area contributed by atoms with E-state index < -0.39 is 10.9 Å². The van der Waals surface area contributed by atoms with Crippen molar-refractivity contribution >= 4 is 29.3 Å². The Hall–Kier alpha value is -3.52. The summed E-state index contributed by atoms with van der Waals surface area (Å²) in [4.78, 5) is 22.0. The monoisotopic (exact) mass is 385 g/mol. The van der Waals surface area contributed by atoms with Crippen molar-refractivity contribution in [3.63, 3.8) is 0 Å². The van der Waals surface area contributed by atoms with Gasteiger partial charge in [0.2, 0.25) is 5.89 Å². The molecular formula is C18H12ClN3O5. The zero-order chi connectivity index (χ0) is 19.2. The molecule has 0 saturated carbocycles. The van der Waals surface area contributed by atoms with Gasteiger partial charge in [-0.25, -0.2) is 4.79 Å². The lowest BCUT2D eigenvalue weighted by Gasteiger charge is -1.98. The van der Waals surface area contributed by atoms with E-state index >= 15 is 0 Å². The summed E-state index contributed by atoms with van der Waals surface area (Å²) in [5.74, 6) is -0.227. The molecule has 0 unspecified atom stereocenters. The molecule has 2 aromatic carbocycles. The van der Waals surface area contributed by atoms with E-state index in [1.807, 2.05) is 0 Å². The van der Waals surface area contributed by atoms with Crippen LogP contribution in [0.5, 0.6) is 0 Å². The SMILES string of the molecule is O=C(C=Cc1cccc([N+](=O)[O-])c1)OCc1nnc(-c2ccc(Cl)cc2)o1. The Kier molecular flexibility index (Phi) is 5.58. The van der Waals surface area contributed by atoms with Crippen LogP contribution in [0.15, 0.2) is 59.0 Å². The molecule has 1 heterocycles. The van der Waals surface area contributed by atoms with Crippen LogP contribution in [0.3, 0.4) is 0 Å². The van der Waals surface area contributed by atoms with Gasteiger partial charge in [-0.3, -0.25) is 10.1 Å². The lowest BCUT2D eigenvalue weighted by molar-refractivity contribution is -0.384. The zero-order valence-corrected chi connectivity index (χ0v) is 14.5. The highest BCUT2D eigenvalue weighted by Gasteiger charge is 2.10. The Morgan fingerprint density at radius 2 is 2.00 bits per heavy atom. The van der Waals surface area contributed by atoms with Gasteiger partial charge in [-0.2, -0.15) is 0 Å². The number of nitro groups is 1. The van der Waals surface area contributed by atoms with Gasteiger partial charge >= 0.3 is 5.97 Å². The Morgan fingerprint density at radius 3 is 2.74 bits per heavy atom. The first-order chi connectivity index (χ1) is 13.0. The number of hydrogen-bond acceptors (Lipinski definition) is 7. The minimum Gasteiger partial charge on any atom is -0.452 e. The smallest absolute Gasteiger partial charge is 0.331 e. The van der Waals surface area contributed by atoms with Crippen LogP contribution < -0.4 is 0 Å². The molecule has 136 valence electrons. The van der Waals surface area contributed by atoms with E-state index in [0.29, 0.717) is 16.1 Å². The first kappa shape index (κ1) is 18.3. The van der Waals surface area contributed by atoms with E-state index in [2.05, 4.69) is 10.2 Å². The summed E-state index contributed by atoms with van der Waals surface area (Å²) in [6.45, 7) is -0.196. The largest absolute Gasteiger partial charge is 0.452 e. The van der Waals surface area contributed by atoms with Crippen LogP contribution >= 0.6 is 11.6 Å². The molecule has 0 spiro atoms. The van der Waals surface area contributed by atoms with Crippen molar-refractivity contribution in [2.24, 2.45) is 0 Å². The van der Waals surface area contributed by atoms with Gasteiger partial charge in [0.25, 0.3) is 11.6 Å². The summed E-state index contributed by atoms with van der Waals surface area (Å²) in [5.41, 5.74) is 1.13. The van der Waals surface area contributed by atoms with Crippen molar-refractivity contribution in [3.8, 4) is 11.5 Å². The molecule has 0 amide bonds. The van der Waals surface area contributed by atoms with Crippen molar-refractivity contribution in [1.82, 2.24) is 10.2 Å². The first-order valence-electron chi connectivity index (χ1n) is 7.69. The number of ether oxygens (including phenoxy) is 1. The van der Waals surface area contributed by atoms with Gasteiger partial charge < -0.3 is 9.15 Å². The van der Waals surface area contributed by atoms with Crippen molar-refractivity contribution < 1.29 is 18.9 Å². The van der Waals surface area contributed by atoms with Gasteiger partial charge in [-0.15, -0.1) is 10.2 Å². The summed E-state index contributed by atoms with van der Waals surface area (Å²) >= 11 is 5.82. The van der Waals surface area contributed by atoms with Gasteiger partial charge in [0.05, 0.1) is 4.92 Å². The minimum absolute atomic E-state index is 0.0638. The van der Waals surface area contributed by atoms with Gasteiger partial charge in [-0.05, 0) is 35.9 Å². The first-order valence-corrected chi connectivity index (χ1v) is 8.07. The third-order valence-electron chi connectivity index (χ3n) is 3.39. The van der Waals surface area contributed by atoms with Crippen LogP contribution in [0.25, 0.3) is 17.5 Å². The highest BCUT2D eigenvalue weighted by Crippen LogP contribution is 2.20.